The highest BCUT2D eigenvalue weighted by molar-refractivity contribution is 5.75. The smallest absolute Gasteiger partial charge is 0.244 e. The molecule has 0 spiro atoms. The second-order valence-corrected chi connectivity index (χ2v) is 10.6. The van der Waals surface area contributed by atoms with Gasteiger partial charge in [-0.1, -0.05) is 91.0 Å². The third kappa shape index (κ3) is 16.2. The summed E-state index contributed by atoms with van der Waals surface area (Å²) >= 11 is 0. The zero-order chi connectivity index (χ0) is 32.7. The molecule has 248 valence electrons. The van der Waals surface area contributed by atoms with E-state index >= 15 is 0 Å². The van der Waals surface area contributed by atoms with Gasteiger partial charge in [-0.25, -0.2) is 16.4 Å². The van der Waals surface area contributed by atoms with Crippen LogP contribution < -0.4 is 16.4 Å². The molecule has 12 nitrogen and oxygen atoms in total. The summed E-state index contributed by atoms with van der Waals surface area (Å²) in [6.07, 6.45) is 0.487. The molecule has 46 heavy (non-hydrogen) atoms. The third-order valence-corrected chi connectivity index (χ3v) is 6.92. The van der Waals surface area contributed by atoms with E-state index in [2.05, 4.69) is 16.4 Å². The molecule has 0 heterocycles. The molecule has 3 aromatic rings. The maximum absolute atomic E-state index is 12.5. The second-order valence-electron chi connectivity index (χ2n) is 10.6. The molecule has 4 N–H and O–H groups in total. The van der Waals surface area contributed by atoms with Crippen LogP contribution in [0.4, 0.5) is 0 Å². The molecule has 0 bridgehead atoms. The van der Waals surface area contributed by atoms with Crippen molar-refractivity contribution in [3.8, 4) is 0 Å². The highest BCUT2D eigenvalue weighted by Crippen LogP contribution is 2.03. The lowest BCUT2D eigenvalue weighted by atomic mass is 10.2. The average Bonchev–Trinajstić information content (AvgIpc) is 3.08. The van der Waals surface area contributed by atoms with Crippen molar-refractivity contribution in [3.05, 3.63) is 108 Å². The normalized spacial score (nSPS) is 11.0. The van der Waals surface area contributed by atoms with Crippen molar-refractivity contribution in [1.82, 2.24) is 26.2 Å². The number of aliphatic hydroxyl groups is 1. The minimum atomic E-state index is -0.282. The lowest BCUT2D eigenvalue weighted by Gasteiger charge is -2.27. The van der Waals surface area contributed by atoms with Gasteiger partial charge >= 0.3 is 0 Å². The lowest BCUT2D eigenvalue weighted by molar-refractivity contribution is -0.136. The van der Waals surface area contributed by atoms with Gasteiger partial charge in [-0.15, -0.1) is 0 Å². The number of benzene rings is 3. The fraction of sp³-hybridized carbons (Fsp3) is 0.382. The van der Waals surface area contributed by atoms with Gasteiger partial charge in [0.2, 0.25) is 17.7 Å². The first kappa shape index (κ1) is 36.3. The molecule has 0 radical (unpaired) electrons. The van der Waals surface area contributed by atoms with Gasteiger partial charge in [0.15, 0.2) is 0 Å². The van der Waals surface area contributed by atoms with Crippen LogP contribution >= 0.6 is 0 Å². The Morgan fingerprint density at radius 3 is 1.09 bits per heavy atom. The molecule has 0 atom stereocenters. The van der Waals surface area contributed by atoms with Crippen molar-refractivity contribution in [2.24, 2.45) is 0 Å². The van der Waals surface area contributed by atoms with Gasteiger partial charge in [-0.05, 0) is 16.7 Å². The van der Waals surface area contributed by atoms with Gasteiger partial charge in [-0.3, -0.25) is 33.8 Å². The number of hydroxylamine groups is 3. The topological polar surface area (TPSA) is 142 Å². The molecule has 0 aliphatic rings. The van der Waals surface area contributed by atoms with Crippen molar-refractivity contribution >= 4 is 17.7 Å². The predicted molar refractivity (Wildman–Crippen MR) is 172 cm³/mol. The Hall–Kier alpha value is -4.17. The van der Waals surface area contributed by atoms with Crippen LogP contribution in [0.15, 0.2) is 91.0 Å². The van der Waals surface area contributed by atoms with E-state index < -0.39 is 0 Å². The first-order valence-electron chi connectivity index (χ1n) is 15.4. The first-order chi connectivity index (χ1) is 22.5. The Bertz CT molecular complexity index is 1210. The highest BCUT2D eigenvalue weighted by atomic mass is 16.7. The number of carbonyl (C=O) groups excluding carboxylic acids is 3. The fourth-order valence-corrected chi connectivity index (χ4v) is 4.35. The van der Waals surface area contributed by atoms with Crippen LogP contribution in [0, 0.1) is 0 Å². The van der Waals surface area contributed by atoms with Crippen LogP contribution in [0.25, 0.3) is 0 Å². The van der Waals surface area contributed by atoms with E-state index in [1.807, 2.05) is 101 Å². The number of nitrogens with one attached hydrogen (secondary N) is 3. The zero-order valence-corrected chi connectivity index (χ0v) is 26.1. The Morgan fingerprint density at radius 2 is 0.783 bits per heavy atom. The molecule has 0 aliphatic heterocycles. The van der Waals surface area contributed by atoms with E-state index in [0.29, 0.717) is 39.3 Å². The monoisotopic (exact) mass is 635 g/mol. The molecule has 3 rings (SSSR count). The number of rotatable bonds is 23. The van der Waals surface area contributed by atoms with Crippen LogP contribution in [-0.4, -0.2) is 78.5 Å². The maximum atomic E-state index is 12.5. The van der Waals surface area contributed by atoms with Crippen LogP contribution in [0.2, 0.25) is 0 Å². The van der Waals surface area contributed by atoms with E-state index in [4.69, 9.17) is 14.5 Å². The molecule has 3 amide bonds. The molecular weight excluding hydrogens is 590 g/mol. The molecule has 3 aromatic carbocycles. The SMILES string of the molecule is O=C(CCN(CCO)CCN(CCC(=O)NOCc1ccccc1)CCC(=O)NOCc1ccccc1)NOCc1ccccc1. The number of amides is 3. The Kier molecular flexibility index (Phi) is 17.6. The first-order valence-corrected chi connectivity index (χ1v) is 15.4. The summed E-state index contributed by atoms with van der Waals surface area (Å²) in [4.78, 5) is 57.3. The van der Waals surface area contributed by atoms with Crippen molar-refractivity contribution in [1.29, 1.82) is 0 Å². The van der Waals surface area contributed by atoms with E-state index in [1.54, 1.807) is 0 Å². The minimum Gasteiger partial charge on any atom is -0.395 e. The van der Waals surface area contributed by atoms with Gasteiger partial charge in [0.05, 0.1) is 26.4 Å². The van der Waals surface area contributed by atoms with E-state index in [0.717, 1.165) is 16.7 Å². The summed E-state index contributed by atoms with van der Waals surface area (Å²) < 4.78 is 0. The summed E-state index contributed by atoms with van der Waals surface area (Å²) in [5.41, 5.74) is 10.2. The third-order valence-electron chi connectivity index (χ3n) is 6.92. The minimum absolute atomic E-state index is 0.0750. The van der Waals surface area contributed by atoms with Gasteiger partial charge in [0.1, 0.15) is 0 Å². The zero-order valence-electron chi connectivity index (χ0n) is 26.1. The van der Waals surface area contributed by atoms with Crippen LogP contribution in [-0.2, 0) is 48.7 Å². The fourth-order valence-electron chi connectivity index (χ4n) is 4.35. The van der Waals surface area contributed by atoms with Gasteiger partial charge in [0, 0.05) is 58.5 Å². The van der Waals surface area contributed by atoms with Gasteiger partial charge < -0.3 is 10.0 Å². The standard InChI is InChI=1S/C34H45N5O7/c40-25-24-39(21-18-34(43)37-46-28-31-14-8-3-9-15-31)23-22-38(19-16-32(41)35-44-26-29-10-4-1-5-11-29)20-17-33(42)36-45-27-30-12-6-2-7-13-30/h1-15,40H,16-28H2,(H,35,41)(H,36,42)(H,37,43). The van der Waals surface area contributed by atoms with Crippen molar-refractivity contribution in [2.75, 3.05) is 45.9 Å². The largest absolute Gasteiger partial charge is 0.395 e. The molecule has 0 saturated heterocycles. The van der Waals surface area contributed by atoms with Crippen molar-refractivity contribution in [2.45, 2.75) is 39.1 Å². The number of carbonyl (C=O) groups is 3. The van der Waals surface area contributed by atoms with Gasteiger partial charge in [0.25, 0.3) is 0 Å². The Labute approximate surface area is 270 Å². The van der Waals surface area contributed by atoms with Gasteiger partial charge in [-0.2, -0.15) is 0 Å². The molecule has 0 fully saturated rings. The van der Waals surface area contributed by atoms with E-state index in [9.17, 15) is 19.5 Å². The van der Waals surface area contributed by atoms with Crippen LogP contribution in [0.3, 0.4) is 0 Å². The van der Waals surface area contributed by atoms with Crippen LogP contribution in [0.5, 0.6) is 0 Å². The second kappa shape index (κ2) is 22.4. The number of hydrogen-bond acceptors (Lipinski definition) is 9. The summed E-state index contributed by atoms with van der Waals surface area (Å²) in [6, 6.07) is 28.5. The summed E-state index contributed by atoms with van der Waals surface area (Å²) in [7, 11) is 0. The molecule has 0 unspecified atom stereocenters. The molecule has 12 heteroatoms. The maximum Gasteiger partial charge on any atom is 0.244 e. The van der Waals surface area contributed by atoms with E-state index in [-0.39, 0.29) is 63.4 Å². The molecule has 0 saturated carbocycles. The van der Waals surface area contributed by atoms with Crippen LogP contribution in [0.1, 0.15) is 36.0 Å². The average molecular weight is 636 g/mol. The van der Waals surface area contributed by atoms with E-state index in [1.165, 1.54) is 0 Å². The quantitative estimate of drug-likeness (QED) is 0.116. The van der Waals surface area contributed by atoms with Crippen molar-refractivity contribution < 1.29 is 34.0 Å². The molecule has 0 aliphatic carbocycles. The Balaban J connectivity index is 1.43. The molecule has 0 aromatic heterocycles. The summed E-state index contributed by atoms with van der Waals surface area (Å²) in [6.45, 7) is 3.22. The number of aliphatic hydroxyl groups excluding tert-OH is 1. The number of nitrogens with zero attached hydrogens (tertiary/aromatic N) is 2. The number of hydrogen-bond donors (Lipinski definition) is 4. The predicted octanol–water partition coefficient (Wildman–Crippen LogP) is 2.50. The Morgan fingerprint density at radius 1 is 0.478 bits per heavy atom. The highest BCUT2D eigenvalue weighted by Gasteiger charge is 2.15. The summed E-state index contributed by atoms with van der Waals surface area (Å²) in [5, 5.41) is 9.60. The lowest BCUT2D eigenvalue weighted by Crippen LogP contribution is -2.41. The van der Waals surface area contributed by atoms with Crippen molar-refractivity contribution in [3.63, 3.8) is 0 Å². The summed E-state index contributed by atoms with van der Waals surface area (Å²) in [5.74, 6) is -0.831. The molecular formula is C34H45N5O7.